The molecule has 1 fully saturated rings. The maximum atomic E-state index is 12.0. The molecule has 3 rings (SSSR count). The molecular formula is C28H37NO13. The molecule has 0 radical (unpaired) electrons. The van der Waals surface area contributed by atoms with Crippen molar-refractivity contribution in [2.24, 2.45) is 17.8 Å². The summed E-state index contributed by atoms with van der Waals surface area (Å²) in [4.78, 5) is 36.2. The van der Waals surface area contributed by atoms with E-state index >= 15 is 0 Å². The highest BCUT2D eigenvalue weighted by Gasteiger charge is 2.47. The van der Waals surface area contributed by atoms with E-state index in [0.717, 1.165) is 6.26 Å². The summed E-state index contributed by atoms with van der Waals surface area (Å²) in [7, 11) is 0. The number of carbonyl (C=O) groups is 3. The number of carbonyl (C=O) groups excluding carboxylic acids is 1. The number of allylic oxidation sites excluding steroid dienone is 1. The van der Waals surface area contributed by atoms with Gasteiger partial charge in [-0.25, -0.2) is 9.59 Å². The molecule has 0 aliphatic carbocycles. The second-order valence-electron chi connectivity index (χ2n) is 10.8. The fourth-order valence-corrected chi connectivity index (χ4v) is 5.14. The Morgan fingerprint density at radius 3 is 2.40 bits per heavy atom. The summed E-state index contributed by atoms with van der Waals surface area (Å²) in [6, 6.07) is -0.921. The van der Waals surface area contributed by atoms with E-state index in [4.69, 9.17) is 14.2 Å². The molecule has 0 aromatic heterocycles. The lowest BCUT2D eigenvalue weighted by atomic mass is 9.83. The highest BCUT2D eigenvalue weighted by Crippen LogP contribution is 2.35. The molecular weight excluding hydrogens is 558 g/mol. The third-order valence-corrected chi connectivity index (χ3v) is 7.35. The lowest BCUT2D eigenvalue weighted by molar-refractivity contribution is -0.861. The van der Waals surface area contributed by atoms with Crippen LogP contribution in [0.5, 0.6) is 0 Å². The SMILES string of the molecule is C=CC1C(OC2OC(CO)C(O)C(O)C2O)OC=C(C(=O)[O-])C1C=CC1=CC(C(=O)O)=C[NH+](C(CC(C)C)C(=O)O)C1. The second-order valence-corrected chi connectivity index (χ2v) is 10.8. The van der Waals surface area contributed by atoms with Crippen LogP contribution in [0.1, 0.15) is 20.3 Å². The van der Waals surface area contributed by atoms with Gasteiger partial charge in [0.05, 0.1) is 18.8 Å². The Hall–Kier alpha value is -3.37. The number of hydrogen-bond acceptors (Lipinski definition) is 11. The van der Waals surface area contributed by atoms with E-state index in [0.29, 0.717) is 10.5 Å². The number of carboxylic acid groups (broad SMARTS) is 3. The van der Waals surface area contributed by atoms with Crippen LogP contribution >= 0.6 is 0 Å². The maximum Gasteiger partial charge on any atom is 0.362 e. The molecule has 3 aliphatic heterocycles. The standard InChI is InChI=1S/C28H37NO13/c1-4-16-17(6-5-14-8-15(24(34)35)10-29(9-14)19(26(38)39)7-13(2)3)18(25(36)37)12-40-27(16)42-28-23(33)22(32)21(31)20(11-30)41-28/h4-6,8,10,12-13,16-17,19-23,27-28,30-33H,1,7,9,11H2,2-3H3,(H,34,35)(H,36,37)(H,38,39). The maximum absolute atomic E-state index is 12.0. The molecule has 0 amide bonds. The summed E-state index contributed by atoms with van der Waals surface area (Å²) in [5, 5.41) is 71.3. The molecule has 0 aromatic rings. The molecule has 42 heavy (non-hydrogen) atoms. The number of hydrogen-bond donors (Lipinski definition) is 7. The summed E-state index contributed by atoms with van der Waals surface area (Å²) in [5.74, 6) is -5.84. The number of aliphatic carboxylic acids is 3. The Morgan fingerprint density at radius 2 is 1.86 bits per heavy atom. The van der Waals surface area contributed by atoms with Gasteiger partial charge in [-0.05, 0) is 12.0 Å². The fourth-order valence-electron chi connectivity index (χ4n) is 5.14. The lowest BCUT2D eigenvalue weighted by Crippen LogP contribution is -3.13. The summed E-state index contributed by atoms with van der Waals surface area (Å²) in [6.45, 7) is 6.85. The van der Waals surface area contributed by atoms with E-state index in [1.165, 1.54) is 30.5 Å². The zero-order valence-corrected chi connectivity index (χ0v) is 23.1. The Balaban J connectivity index is 1.90. The highest BCUT2D eigenvalue weighted by atomic mass is 16.8. The molecule has 0 aromatic carbocycles. The molecule has 3 aliphatic rings. The lowest BCUT2D eigenvalue weighted by Gasteiger charge is -2.43. The molecule has 10 atom stereocenters. The van der Waals surface area contributed by atoms with Crippen molar-refractivity contribution in [1.29, 1.82) is 0 Å². The van der Waals surface area contributed by atoms with Crippen molar-refractivity contribution in [3.63, 3.8) is 0 Å². The zero-order valence-electron chi connectivity index (χ0n) is 23.1. The summed E-state index contributed by atoms with van der Waals surface area (Å²) < 4.78 is 16.5. The van der Waals surface area contributed by atoms with Gasteiger partial charge in [0, 0.05) is 29.4 Å². The number of aliphatic hydroxyl groups is 4. The summed E-state index contributed by atoms with van der Waals surface area (Å²) in [6.07, 6.45) is -1.08. The number of quaternary nitrogens is 1. The first-order valence-electron chi connectivity index (χ1n) is 13.4. The molecule has 0 saturated carbocycles. The first kappa shape index (κ1) is 33.1. The van der Waals surface area contributed by atoms with Gasteiger partial charge >= 0.3 is 11.9 Å². The Bertz CT molecular complexity index is 1160. The minimum Gasteiger partial charge on any atom is -0.545 e. The van der Waals surface area contributed by atoms with Gasteiger partial charge in [0.15, 0.2) is 12.3 Å². The van der Waals surface area contributed by atoms with Crippen LogP contribution in [0.15, 0.2) is 60.1 Å². The van der Waals surface area contributed by atoms with Gasteiger partial charge in [0.25, 0.3) is 0 Å². The van der Waals surface area contributed by atoms with Crippen molar-refractivity contribution >= 4 is 17.9 Å². The Morgan fingerprint density at radius 1 is 1.17 bits per heavy atom. The van der Waals surface area contributed by atoms with Crippen LogP contribution in [0.3, 0.4) is 0 Å². The van der Waals surface area contributed by atoms with Crippen LogP contribution in [-0.2, 0) is 28.6 Å². The molecule has 0 spiro atoms. The van der Waals surface area contributed by atoms with Crippen LogP contribution in [0, 0.1) is 17.8 Å². The minimum atomic E-state index is -1.74. The zero-order chi connectivity index (χ0) is 31.3. The van der Waals surface area contributed by atoms with Crippen LogP contribution in [0.4, 0.5) is 0 Å². The van der Waals surface area contributed by atoms with E-state index in [1.54, 1.807) is 0 Å². The van der Waals surface area contributed by atoms with Crippen molar-refractivity contribution in [3.05, 3.63) is 60.1 Å². The van der Waals surface area contributed by atoms with Crippen molar-refractivity contribution in [1.82, 2.24) is 0 Å². The van der Waals surface area contributed by atoms with Crippen molar-refractivity contribution in [3.8, 4) is 0 Å². The van der Waals surface area contributed by atoms with E-state index in [1.807, 2.05) is 13.8 Å². The van der Waals surface area contributed by atoms with Crippen LogP contribution in [-0.4, -0.2) is 105 Å². The third kappa shape index (κ3) is 7.52. The van der Waals surface area contributed by atoms with E-state index < -0.39 is 79.4 Å². The molecule has 7 N–H and O–H groups in total. The Kier molecular flexibility index (Phi) is 11.2. The summed E-state index contributed by atoms with van der Waals surface area (Å²) in [5.41, 5.74) is -0.0152. The van der Waals surface area contributed by atoms with E-state index in [-0.39, 0.29) is 30.0 Å². The van der Waals surface area contributed by atoms with Crippen molar-refractivity contribution in [2.75, 3.05) is 13.2 Å². The number of nitrogens with one attached hydrogen (secondary N) is 1. The number of ether oxygens (including phenoxy) is 3. The number of rotatable bonds is 12. The van der Waals surface area contributed by atoms with Crippen LogP contribution in [0.2, 0.25) is 0 Å². The molecule has 14 nitrogen and oxygen atoms in total. The van der Waals surface area contributed by atoms with Crippen LogP contribution < -0.4 is 10.0 Å². The average Bonchev–Trinajstić information content (AvgIpc) is 2.94. The van der Waals surface area contributed by atoms with Gasteiger partial charge in [0.2, 0.25) is 6.29 Å². The second kappa shape index (κ2) is 14.2. The minimum absolute atomic E-state index is 0.0251. The van der Waals surface area contributed by atoms with Gasteiger partial charge in [-0.3, -0.25) is 4.90 Å². The van der Waals surface area contributed by atoms with Crippen molar-refractivity contribution in [2.45, 2.75) is 63.3 Å². The van der Waals surface area contributed by atoms with Crippen molar-refractivity contribution < 1.29 is 69.2 Å². The van der Waals surface area contributed by atoms with E-state index in [9.17, 15) is 50.1 Å². The largest absolute Gasteiger partial charge is 0.545 e. The number of aliphatic hydroxyl groups excluding tert-OH is 4. The van der Waals surface area contributed by atoms with Crippen LogP contribution in [0.25, 0.3) is 0 Å². The normalized spacial score (nSPS) is 34.2. The number of carboxylic acids is 3. The average molecular weight is 596 g/mol. The third-order valence-electron chi connectivity index (χ3n) is 7.35. The van der Waals surface area contributed by atoms with E-state index in [2.05, 4.69) is 6.58 Å². The molecule has 10 unspecified atom stereocenters. The smallest absolute Gasteiger partial charge is 0.362 e. The predicted octanol–water partition coefficient (Wildman–Crippen LogP) is -2.94. The molecule has 14 heteroatoms. The van der Waals surface area contributed by atoms with Gasteiger partial charge in [-0.1, -0.05) is 32.1 Å². The molecule has 1 saturated heterocycles. The molecule has 3 heterocycles. The molecule has 0 bridgehead atoms. The first-order valence-corrected chi connectivity index (χ1v) is 13.4. The highest BCUT2D eigenvalue weighted by molar-refractivity contribution is 5.90. The van der Waals surface area contributed by atoms with Gasteiger partial charge in [-0.15, -0.1) is 6.58 Å². The summed E-state index contributed by atoms with van der Waals surface area (Å²) >= 11 is 0. The quantitative estimate of drug-likeness (QED) is 0.112. The Labute approximate surface area is 241 Å². The van der Waals surface area contributed by atoms with Gasteiger partial charge < -0.3 is 54.8 Å². The first-order chi connectivity index (χ1) is 19.8. The molecule has 232 valence electrons. The monoisotopic (exact) mass is 595 g/mol. The van der Waals surface area contributed by atoms with Gasteiger partial charge in [-0.2, -0.15) is 0 Å². The van der Waals surface area contributed by atoms with Gasteiger partial charge in [0.1, 0.15) is 42.7 Å². The fraction of sp³-hybridized carbons (Fsp3) is 0.536. The predicted molar refractivity (Wildman–Crippen MR) is 140 cm³/mol. The topological polar surface area (TPSA) is 228 Å².